The van der Waals surface area contributed by atoms with Gasteiger partial charge in [0.2, 0.25) is 0 Å². The molecule has 0 radical (unpaired) electrons. The van der Waals surface area contributed by atoms with Crippen LogP contribution in [0.4, 0.5) is 0 Å². The summed E-state index contributed by atoms with van der Waals surface area (Å²) in [7, 11) is -4.64. The highest BCUT2D eigenvalue weighted by atomic mass is 31.2. The monoisotopic (exact) mass is 300 g/mol. The second kappa shape index (κ2) is 11.9. The van der Waals surface area contributed by atoms with Crippen LogP contribution in [0.25, 0.3) is 6.08 Å². The molecule has 3 N–H and O–H groups in total. The molecule has 0 saturated carbocycles. The molecule has 1 aromatic rings. The average molecular weight is 300 g/mol. The maximum atomic E-state index is 8.88. The van der Waals surface area contributed by atoms with E-state index in [1.807, 2.05) is 0 Å². The minimum Gasteiger partial charge on any atom is -0.303 e. The first-order valence-corrected chi connectivity index (χ1v) is 8.50. The number of rotatable bonds is 7. The van der Waals surface area contributed by atoms with Crippen LogP contribution in [0.5, 0.6) is 0 Å². The molecule has 0 amide bonds. The van der Waals surface area contributed by atoms with Crippen LogP contribution < -0.4 is 0 Å². The zero-order valence-electron chi connectivity index (χ0n) is 12.0. The van der Waals surface area contributed by atoms with Gasteiger partial charge < -0.3 is 14.7 Å². The van der Waals surface area contributed by atoms with Crippen molar-refractivity contribution >= 4 is 13.9 Å². The van der Waals surface area contributed by atoms with Gasteiger partial charge in [0.1, 0.15) is 0 Å². The van der Waals surface area contributed by atoms with Crippen LogP contribution in [0.3, 0.4) is 0 Å². The largest absolute Gasteiger partial charge is 0.466 e. The molecule has 1 rings (SSSR count). The molecule has 0 unspecified atom stereocenters. The summed E-state index contributed by atoms with van der Waals surface area (Å²) < 4.78 is 8.88. The molecule has 114 valence electrons. The van der Waals surface area contributed by atoms with Gasteiger partial charge in [0.05, 0.1) is 0 Å². The van der Waals surface area contributed by atoms with Gasteiger partial charge >= 0.3 is 7.82 Å². The second-order valence-corrected chi connectivity index (χ2v) is 5.56. The lowest BCUT2D eigenvalue weighted by molar-refractivity contribution is 0.275. The van der Waals surface area contributed by atoms with Crippen LogP contribution in [-0.4, -0.2) is 14.7 Å². The summed E-state index contributed by atoms with van der Waals surface area (Å²) in [4.78, 5) is 21.6. The van der Waals surface area contributed by atoms with Crippen LogP contribution in [0.2, 0.25) is 0 Å². The molecule has 0 aliphatic carbocycles. The first-order valence-electron chi connectivity index (χ1n) is 6.93. The highest BCUT2D eigenvalue weighted by Crippen LogP contribution is 2.25. The third-order valence-corrected chi connectivity index (χ3v) is 2.58. The lowest BCUT2D eigenvalue weighted by Gasteiger charge is -1.96. The Morgan fingerprint density at radius 2 is 1.55 bits per heavy atom. The van der Waals surface area contributed by atoms with Crippen LogP contribution in [0.1, 0.15) is 51.0 Å². The van der Waals surface area contributed by atoms with E-state index in [1.165, 1.54) is 44.1 Å². The third kappa shape index (κ3) is 17.1. The number of hydrogen-bond acceptors (Lipinski definition) is 1. The summed E-state index contributed by atoms with van der Waals surface area (Å²) in [6, 6.07) is 10.5. The summed E-state index contributed by atoms with van der Waals surface area (Å²) in [5.41, 5.74) is 1.31. The quantitative estimate of drug-likeness (QED) is 0.522. The normalized spacial score (nSPS) is 11.2. The fraction of sp³-hybridized carbons (Fsp3) is 0.467. The van der Waals surface area contributed by atoms with Gasteiger partial charge in [0, 0.05) is 0 Å². The van der Waals surface area contributed by atoms with Crippen molar-refractivity contribution in [3.63, 3.8) is 0 Å². The van der Waals surface area contributed by atoms with Crippen molar-refractivity contribution in [1.82, 2.24) is 0 Å². The molecular weight excluding hydrogens is 275 g/mol. The Morgan fingerprint density at radius 1 is 1.00 bits per heavy atom. The minimum atomic E-state index is -4.64. The Morgan fingerprint density at radius 3 is 2.10 bits per heavy atom. The van der Waals surface area contributed by atoms with E-state index in [2.05, 4.69) is 49.4 Å². The second-order valence-electron chi connectivity index (χ2n) is 4.53. The van der Waals surface area contributed by atoms with Crippen molar-refractivity contribution in [3.8, 4) is 0 Å². The van der Waals surface area contributed by atoms with Crippen molar-refractivity contribution in [1.29, 1.82) is 0 Å². The molecule has 0 aliphatic rings. The van der Waals surface area contributed by atoms with E-state index in [0.717, 1.165) is 0 Å². The molecule has 0 aromatic heterocycles. The zero-order chi connectivity index (χ0) is 15.3. The fourth-order valence-electron chi connectivity index (χ4n) is 1.65. The van der Waals surface area contributed by atoms with E-state index in [-0.39, 0.29) is 0 Å². The molecule has 0 bridgehead atoms. The predicted molar refractivity (Wildman–Crippen MR) is 83.1 cm³/mol. The summed E-state index contributed by atoms with van der Waals surface area (Å²) in [5, 5.41) is 0. The van der Waals surface area contributed by atoms with Crippen LogP contribution >= 0.6 is 7.82 Å². The van der Waals surface area contributed by atoms with E-state index in [4.69, 9.17) is 19.2 Å². The summed E-state index contributed by atoms with van der Waals surface area (Å²) in [6.45, 7) is 2.26. The Balaban J connectivity index is 0.000000621. The number of allylic oxidation sites excluding steroid dienone is 1. The standard InChI is InChI=1S/C15H22.H3O4P/c1-2-3-4-5-6-7-9-12-15-13-10-8-11-14-15;1-5(2,3)4/h8-14H,2-7H2,1H3;(H3,1,2,3,4). The van der Waals surface area contributed by atoms with Crippen molar-refractivity contribution in [3.05, 3.63) is 42.0 Å². The molecule has 1 aromatic carbocycles. The number of benzene rings is 1. The highest BCUT2D eigenvalue weighted by molar-refractivity contribution is 7.45. The number of phosphoric acid groups is 1. The van der Waals surface area contributed by atoms with Crippen molar-refractivity contribution in [2.24, 2.45) is 0 Å². The molecule has 0 atom stereocenters. The Hall–Kier alpha value is -0.930. The molecule has 0 saturated heterocycles. The minimum absolute atomic E-state index is 1.22. The zero-order valence-corrected chi connectivity index (χ0v) is 12.9. The Kier molecular flexibility index (Phi) is 11.3. The average Bonchev–Trinajstić information content (AvgIpc) is 2.37. The first kappa shape index (κ1) is 19.1. The summed E-state index contributed by atoms with van der Waals surface area (Å²) in [5.74, 6) is 0. The predicted octanol–water partition coefficient (Wildman–Crippen LogP) is 4.13. The number of unbranched alkanes of at least 4 members (excludes halogenated alkanes) is 5. The van der Waals surface area contributed by atoms with Crippen molar-refractivity contribution < 1.29 is 19.2 Å². The number of hydrogen-bond donors (Lipinski definition) is 3. The molecule has 20 heavy (non-hydrogen) atoms. The summed E-state index contributed by atoms with van der Waals surface area (Å²) in [6.07, 6.45) is 12.6. The van der Waals surface area contributed by atoms with Crippen LogP contribution in [0, 0.1) is 0 Å². The van der Waals surface area contributed by atoms with E-state index in [9.17, 15) is 0 Å². The molecule has 4 nitrogen and oxygen atoms in total. The Bertz CT molecular complexity index is 389. The summed E-state index contributed by atoms with van der Waals surface area (Å²) >= 11 is 0. The smallest absolute Gasteiger partial charge is 0.303 e. The van der Waals surface area contributed by atoms with Crippen molar-refractivity contribution in [2.75, 3.05) is 0 Å². The molecule has 0 spiro atoms. The van der Waals surface area contributed by atoms with Crippen LogP contribution in [-0.2, 0) is 4.57 Å². The van der Waals surface area contributed by atoms with Gasteiger partial charge in [-0.1, -0.05) is 75.1 Å². The fourth-order valence-corrected chi connectivity index (χ4v) is 1.65. The molecular formula is C15H25O4P. The van der Waals surface area contributed by atoms with Gasteiger partial charge in [-0.25, -0.2) is 4.57 Å². The molecule has 5 heteroatoms. The van der Waals surface area contributed by atoms with E-state index < -0.39 is 7.82 Å². The molecule has 0 aliphatic heterocycles. The van der Waals surface area contributed by atoms with Crippen LogP contribution in [0.15, 0.2) is 36.4 Å². The van der Waals surface area contributed by atoms with E-state index >= 15 is 0 Å². The highest BCUT2D eigenvalue weighted by Gasteiger charge is 2.00. The van der Waals surface area contributed by atoms with E-state index in [0.29, 0.717) is 0 Å². The molecule has 0 fully saturated rings. The SMILES string of the molecule is CCCCCCCC=Cc1ccccc1.O=P(O)(O)O. The van der Waals surface area contributed by atoms with Gasteiger partial charge in [-0.3, -0.25) is 0 Å². The first-order chi connectivity index (χ1) is 9.43. The van der Waals surface area contributed by atoms with Gasteiger partial charge in [0.15, 0.2) is 0 Å². The molecule has 0 heterocycles. The maximum absolute atomic E-state index is 8.88. The maximum Gasteiger partial charge on any atom is 0.466 e. The Labute approximate surface area is 121 Å². The third-order valence-electron chi connectivity index (χ3n) is 2.58. The van der Waals surface area contributed by atoms with Crippen molar-refractivity contribution in [2.45, 2.75) is 45.4 Å². The van der Waals surface area contributed by atoms with Gasteiger partial charge in [-0.15, -0.1) is 0 Å². The topological polar surface area (TPSA) is 77.8 Å². The van der Waals surface area contributed by atoms with Gasteiger partial charge in [0.25, 0.3) is 0 Å². The van der Waals surface area contributed by atoms with Gasteiger partial charge in [-0.2, -0.15) is 0 Å². The van der Waals surface area contributed by atoms with Gasteiger partial charge in [-0.05, 0) is 18.4 Å². The lowest BCUT2D eigenvalue weighted by atomic mass is 10.1. The van der Waals surface area contributed by atoms with E-state index in [1.54, 1.807) is 0 Å². The lowest BCUT2D eigenvalue weighted by Crippen LogP contribution is -1.76.